The smallest absolute Gasteiger partial charge is 0.200 e. The molecule has 0 atom stereocenters. The third-order valence-electron chi connectivity index (χ3n) is 2.67. The van der Waals surface area contributed by atoms with Gasteiger partial charge in [-0.1, -0.05) is 23.2 Å². The third-order valence-corrected chi connectivity index (χ3v) is 3.34. The van der Waals surface area contributed by atoms with Crippen molar-refractivity contribution in [1.82, 2.24) is 0 Å². The van der Waals surface area contributed by atoms with E-state index in [1.165, 1.54) is 0 Å². The fourth-order valence-electron chi connectivity index (χ4n) is 1.57. The molecular formula is C15H12Cl2O2. The molecule has 2 aromatic rings. The number of benzene rings is 2. The second-order valence-electron chi connectivity index (χ2n) is 4.13. The normalized spacial score (nSPS) is 10.3. The van der Waals surface area contributed by atoms with Gasteiger partial charge in [-0.3, -0.25) is 4.79 Å². The lowest BCUT2D eigenvalue weighted by atomic mass is 10.1. The summed E-state index contributed by atoms with van der Waals surface area (Å²) in [7, 11) is 0. The number of halogens is 2. The van der Waals surface area contributed by atoms with E-state index in [4.69, 9.17) is 27.9 Å². The molecule has 19 heavy (non-hydrogen) atoms. The van der Waals surface area contributed by atoms with Gasteiger partial charge in [0.25, 0.3) is 0 Å². The summed E-state index contributed by atoms with van der Waals surface area (Å²) < 4.78 is 5.45. The molecule has 0 saturated heterocycles. The Labute approximate surface area is 121 Å². The van der Waals surface area contributed by atoms with Crippen molar-refractivity contribution in [2.75, 3.05) is 6.61 Å². The number of rotatable bonds is 4. The Hall–Kier alpha value is -1.51. The predicted octanol–water partition coefficient (Wildman–Crippen LogP) is 4.56. The minimum atomic E-state index is -0.0933. The Bertz CT molecular complexity index is 592. The molecular weight excluding hydrogens is 283 g/mol. The van der Waals surface area contributed by atoms with Crippen molar-refractivity contribution in [1.29, 1.82) is 0 Å². The molecule has 0 aliphatic heterocycles. The van der Waals surface area contributed by atoms with Gasteiger partial charge in [0.15, 0.2) is 12.4 Å². The van der Waals surface area contributed by atoms with Crippen LogP contribution in [0, 0.1) is 6.92 Å². The van der Waals surface area contributed by atoms with Gasteiger partial charge in [-0.05, 0) is 55.0 Å². The number of hydrogen-bond donors (Lipinski definition) is 0. The van der Waals surface area contributed by atoms with Crippen molar-refractivity contribution < 1.29 is 9.53 Å². The molecule has 0 aromatic heterocycles. The molecule has 0 spiro atoms. The fourth-order valence-corrected chi connectivity index (χ4v) is 1.82. The van der Waals surface area contributed by atoms with E-state index < -0.39 is 0 Å². The first kappa shape index (κ1) is 13.9. The van der Waals surface area contributed by atoms with Crippen molar-refractivity contribution in [3.63, 3.8) is 0 Å². The lowest BCUT2D eigenvalue weighted by Crippen LogP contribution is -2.11. The quantitative estimate of drug-likeness (QED) is 0.773. The molecule has 2 nitrogen and oxygen atoms in total. The molecule has 2 rings (SSSR count). The molecule has 98 valence electrons. The molecule has 0 unspecified atom stereocenters. The monoisotopic (exact) mass is 294 g/mol. The average Bonchev–Trinajstić information content (AvgIpc) is 2.40. The van der Waals surface area contributed by atoms with Gasteiger partial charge in [0.05, 0.1) is 0 Å². The number of carbonyl (C=O) groups excluding carboxylic acids is 1. The van der Waals surface area contributed by atoms with Crippen LogP contribution in [0.25, 0.3) is 0 Å². The number of hydrogen-bond acceptors (Lipinski definition) is 2. The van der Waals surface area contributed by atoms with Crippen LogP contribution in [0.4, 0.5) is 0 Å². The zero-order valence-corrected chi connectivity index (χ0v) is 11.8. The maximum absolute atomic E-state index is 11.9. The highest BCUT2D eigenvalue weighted by Crippen LogP contribution is 2.21. The van der Waals surface area contributed by atoms with Crippen LogP contribution in [-0.4, -0.2) is 12.4 Å². The van der Waals surface area contributed by atoms with Gasteiger partial charge in [0.1, 0.15) is 5.75 Å². The molecule has 0 saturated carbocycles. The van der Waals surface area contributed by atoms with E-state index in [1.807, 2.05) is 6.92 Å². The zero-order chi connectivity index (χ0) is 13.8. The average molecular weight is 295 g/mol. The lowest BCUT2D eigenvalue weighted by molar-refractivity contribution is 0.0921. The summed E-state index contributed by atoms with van der Waals surface area (Å²) in [6.45, 7) is 1.87. The molecule has 0 N–H and O–H groups in total. The van der Waals surface area contributed by atoms with E-state index in [0.717, 1.165) is 5.56 Å². The van der Waals surface area contributed by atoms with E-state index >= 15 is 0 Å². The van der Waals surface area contributed by atoms with Crippen LogP contribution in [0.2, 0.25) is 10.0 Å². The summed E-state index contributed by atoms with van der Waals surface area (Å²) in [6, 6.07) is 12.0. The van der Waals surface area contributed by atoms with Gasteiger partial charge in [0.2, 0.25) is 0 Å². The van der Waals surface area contributed by atoms with E-state index in [9.17, 15) is 4.79 Å². The van der Waals surface area contributed by atoms with Crippen molar-refractivity contribution in [3.8, 4) is 5.75 Å². The largest absolute Gasteiger partial charge is 0.485 e. The molecule has 0 aliphatic rings. The third kappa shape index (κ3) is 3.72. The summed E-state index contributed by atoms with van der Waals surface area (Å²) in [5.41, 5.74) is 1.49. The Kier molecular flexibility index (Phi) is 4.46. The predicted molar refractivity (Wildman–Crippen MR) is 77.5 cm³/mol. The summed E-state index contributed by atoms with van der Waals surface area (Å²) in [6.07, 6.45) is 0. The second kappa shape index (κ2) is 6.09. The summed E-state index contributed by atoms with van der Waals surface area (Å²) in [5.74, 6) is 0.536. The van der Waals surface area contributed by atoms with Crippen LogP contribution in [0.1, 0.15) is 15.9 Å². The number of carbonyl (C=O) groups is 1. The lowest BCUT2D eigenvalue weighted by Gasteiger charge is -2.07. The van der Waals surface area contributed by atoms with Gasteiger partial charge < -0.3 is 4.74 Å². The Morgan fingerprint density at radius 2 is 1.79 bits per heavy atom. The first-order valence-electron chi connectivity index (χ1n) is 5.74. The standard InChI is InChI=1S/C15H12Cl2O2/c1-10-8-13(6-7-14(10)17)19-9-15(18)11-2-4-12(16)5-3-11/h2-8H,9H2,1H3. The van der Waals surface area contributed by atoms with E-state index in [0.29, 0.717) is 21.4 Å². The molecule has 0 bridgehead atoms. The molecule has 0 aliphatic carbocycles. The first-order chi connectivity index (χ1) is 9.06. The van der Waals surface area contributed by atoms with Gasteiger partial charge in [-0.25, -0.2) is 0 Å². The first-order valence-corrected chi connectivity index (χ1v) is 6.49. The van der Waals surface area contributed by atoms with E-state index in [-0.39, 0.29) is 12.4 Å². The van der Waals surface area contributed by atoms with Crippen LogP contribution < -0.4 is 4.74 Å². The Morgan fingerprint density at radius 3 is 2.42 bits per heavy atom. The SMILES string of the molecule is Cc1cc(OCC(=O)c2ccc(Cl)cc2)ccc1Cl. The number of ketones is 1. The zero-order valence-electron chi connectivity index (χ0n) is 10.3. The van der Waals surface area contributed by atoms with Gasteiger partial charge in [0, 0.05) is 15.6 Å². The van der Waals surface area contributed by atoms with E-state index in [2.05, 4.69) is 0 Å². The topological polar surface area (TPSA) is 26.3 Å². The highest BCUT2D eigenvalue weighted by atomic mass is 35.5. The Morgan fingerprint density at radius 1 is 1.11 bits per heavy atom. The van der Waals surface area contributed by atoms with Gasteiger partial charge in [-0.15, -0.1) is 0 Å². The summed E-state index contributed by atoms with van der Waals surface area (Å²) in [5, 5.41) is 1.28. The highest BCUT2D eigenvalue weighted by Gasteiger charge is 2.07. The molecule has 4 heteroatoms. The number of Topliss-reactive ketones (excluding diaryl/α,β-unsaturated/α-hetero) is 1. The summed E-state index contributed by atoms with van der Waals surface area (Å²) in [4.78, 5) is 11.9. The summed E-state index contributed by atoms with van der Waals surface area (Å²) >= 11 is 11.7. The number of aryl methyl sites for hydroxylation is 1. The van der Waals surface area contributed by atoms with Crippen molar-refractivity contribution in [3.05, 3.63) is 63.6 Å². The van der Waals surface area contributed by atoms with E-state index in [1.54, 1.807) is 42.5 Å². The van der Waals surface area contributed by atoms with Crippen molar-refractivity contribution in [2.45, 2.75) is 6.92 Å². The molecule has 2 aromatic carbocycles. The van der Waals surface area contributed by atoms with Crippen LogP contribution in [0.3, 0.4) is 0 Å². The van der Waals surface area contributed by atoms with Crippen LogP contribution in [0.5, 0.6) is 5.75 Å². The fraction of sp³-hybridized carbons (Fsp3) is 0.133. The van der Waals surface area contributed by atoms with Crippen LogP contribution >= 0.6 is 23.2 Å². The minimum Gasteiger partial charge on any atom is -0.485 e. The maximum Gasteiger partial charge on any atom is 0.200 e. The minimum absolute atomic E-state index is 0.0112. The van der Waals surface area contributed by atoms with Crippen LogP contribution in [-0.2, 0) is 0 Å². The second-order valence-corrected chi connectivity index (χ2v) is 4.97. The van der Waals surface area contributed by atoms with Crippen molar-refractivity contribution >= 4 is 29.0 Å². The maximum atomic E-state index is 11.9. The molecule has 0 amide bonds. The van der Waals surface area contributed by atoms with Gasteiger partial charge >= 0.3 is 0 Å². The van der Waals surface area contributed by atoms with Crippen LogP contribution in [0.15, 0.2) is 42.5 Å². The number of ether oxygens (including phenoxy) is 1. The molecule has 0 fully saturated rings. The van der Waals surface area contributed by atoms with Gasteiger partial charge in [-0.2, -0.15) is 0 Å². The Balaban J connectivity index is 2.00. The highest BCUT2D eigenvalue weighted by molar-refractivity contribution is 6.31. The molecule has 0 heterocycles. The molecule has 0 radical (unpaired) electrons. The van der Waals surface area contributed by atoms with Crippen molar-refractivity contribution in [2.24, 2.45) is 0 Å².